The summed E-state index contributed by atoms with van der Waals surface area (Å²) in [5.74, 6) is -0.586. The molecule has 0 fully saturated rings. The molecule has 6 N–H and O–H groups in total. The van der Waals surface area contributed by atoms with Crippen molar-refractivity contribution in [1.82, 2.24) is 14.7 Å². The normalized spacial score (nSPS) is 12.7. The first-order chi connectivity index (χ1) is 12.7. The van der Waals surface area contributed by atoms with Crippen molar-refractivity contribution >= 4 is 39.5 Å². The minimum Gasteiger partial charge on any atom is -0.480 e. The van der Waals surface area contributed by atoms with Crippen LogP contribution in [0.4, 0.5) is 11.8 Å². The van der Waals surface area contributed by atoms with Crippen molar-refractivity contribution in [2.24, 2.45) is 0 Å². The number of nitrogens with one attached hydrogen (secondary N) is 1. The highest BCUT2D eigenvalue weighted by molar-refractivity contribution is 7.98. The van der Waals surface area contributed by atoms with E-state index in [0.29, 0.717) is 22.4 Å². The zero-order valence-electron chi connectivity index (χ0n) is 14.8. The Hall–Kier alpha value is -2.37. The summed E-state index contributed by atoms with van der Waals surface area (Å²) in [4.78, 5) is 19.1. The van der Waals surface area contributed by atoms with Crippen molar-refractivity contribution < 1.29 is 18.3 Å². The van der Waals surface area contributed by atoms with Crippen molar-refractivity contribution in [3.63, 3.8) is 0 Å². The van der Waals surface area contributed by atoms with E-state index in [1.54, 1.807) is 19.1 Å². The summed E-state index contributed by atoms with van der Waals surface area (Å²) in [6.07, 6.45) is 3.40. The Kier molecular flexibility index (Phi) is 6.63. The molecule has 11 heteroatoms. The zero-order chi connectivity index (χ0) is 20.2. The van der Waals surface area contributed by atoms with Crippen LogP contribution in [0.5, 0.6) is 0 Å². The molecule has 2 rings (SSSR count). The largest absolute Gasteiger partial charge is 0.480 e. The van der Waals surface area contributed by atoms with Crippen LogP contribution in [0.2, 0.25) is 0 Å². The lowest BCUT2D eigenvalue weighted by Crippen LogP contribution is -2.41. The van der Waals surface area contributed by atoms with Crippen molar-refractivity contribution in [3.8, 4) is 11.1 Å². The highest BCUT2D eigenvalue weighted by Gasteiger charge is 2.26. The Bertz CT molecular complexity index is 950. The van der Waals surface area contributed by atoms with Crippen LogP contribution in [0.15, 0.2) is 29.3 Å². The highest BCUT2D eigenvalue weighted by atomic mass is 32.2. The van der Waals surface area contributed by atoms with Gasteiger partial charge in [-0.05, 0) is 42.5 Å². The number of rotatable bonds is 8. The number of benzene rings is 1. The first-order valence-electron chi connectivity index (χ1n) is 7.88. The lowest BCUT2D eigenvalue weighted by molar-refractivity contribution is -0.139. The summed E-state index contributed by atoms with van der Waals surface area (Å²) < 4.78 is 27.8. The lowest BCUT2D eigenvalue weighted by atomic mass is 10.1. The third-order valence-electron chi connectivity index (χ3n) is 3.83. The molecule has 0 amide bonds. The average molecular weight is 412 g/mol. The number of hydrogen-bond donors (Lipinski definition) is 4. The minimum atomic E-state index is -4.06. The molecule has 0 saturated heterocycles. The summed E-state index contributed by atoms with van der Waals surface area (Å²) >= 11 is 1.44. The molecule has 1 atom stereocenters. The van der Waals surface area contributed by atoms with E-state index in [1.165, 1.54) is 24.0 Å². The van der Waals surface area contributed by atoms with E-state index in [-0.39, 0.29) is 23.1 Å². The van der Waals surface area contributed by atoms with E-state index >= 15 is 0 Å². The van der Waals surface area contributed by atoms with Gasteiger partial charge >= 0.3 is 5.97 Å². The summed E-state index contributed by atoms with van der Waals surface area (Å²) in [6.45, 7) is 1.62. The topological polar surface area (TPSA) is 161 Å². The summed E-state index contributed by atoms with van der Waals surface area (Å²) in [5.41, 5.74) is 12.7. The van der Waals surface area contributed by atoms with Gasteiger partial charge in [-0.15, -0.1) is 0 Å². The van der Waals surface area contributed by atoms with Gasteiger partial charge in [0.15, 0.2) is 0 Å². The predicted octanol–water partition coefficient (Wildman–Crippen LogP) is 1.10. The molecular formula is C16H21N5O4S2. The third-order valence-corrected chi connectivity index (χ3v) is 6.09. The number of carboxylic acid groups (broad SMARTS) is 1. The maximum Gasteiger partial charge on any atom is 0.321 e. The van der Waals surface area contributed by atoms with Gasteiger partial charge in [0.2, 0.25) is 16.0 Å². The average Bonchev–Trinajstić information content (AvgIpc) is 2.59. The van der Waals surface area contributed by atoms with Crippen LogP contribution in [0.1, 0.15) is 12.0 Å². The van der Waals surface area contributed by atoms with Crippen LogP contribution in [0.25, 0.3) is 11.1 Å². The minimum absolute atomic E-state index is 0.0102. The van der Waals surface area contributed by atoms with Crippen molar-refractivity contribution in [2.75, 3.05) is 23.5 Å². The van der Waals surface area contributed by atoms with Gasteiger partial charge in [0.1, 0.15) is 11.9 Å². The Labute approximate surface area is 161 Å². The van der Waals surface area contributed by atoms with Gasteiger partial charge in [0.05, 0.1) is 4.90 Å². The molecule has 27 heavy (non-hydrogen) atoms. The number of nitrogens with zero attached hydrogens (tertiary/aromatic N) is 2. The third kappa shape index (κ3) is 5.08. The second-order valence-electron chi connectivity index (χ2n) is 5.80. The zero-order valence-corrected chi connectivity index (χ0v) is 16.5. The molecule has 2 aromatic rings. The standard InChI is InChI=1S/C16H21N5O4S2/c1-9-3-4-10(11-8-19-16(18)20-14(11)17)7-13(9)27(24,25)21-12(15(22)23)5-6-26-2/h3-4,7-8,12,21H,5-6H2,1-2H3,(H,22,23)(H4,17,18,19,20)/t12-/m0/s1. The number of carbonyl (C=O) groups is 1. The van der Waals surface area contributed by atoms with E-state index in [2.05, 4.69) is 14.7 Å². The van der Waals surface area contributed by atoms with Crippen LogP contribution in [-0.4, -0.2) is 47.5 Å². The lowest BCUT2D eigenvalue weighted by Gasteiger charge is -2.16. The Balaban J connectivity index is 2.43. The van der Waals surface area contributed by atoms with Gasteiger partial charge in [-0.1, -0.05) is 12.1 Å². The molecule has 0 radical (unpaired) electrons. The van der Waals surface area contributed by atoms with E-state index < -0.39 is 22.0 Å². The monoisotopic (exact) mass is 411 g/mol. The molecule has 1 aromatic carbocycles. The second kappa shape index (κ2) is 8.55. The smallest absolute Gasteiger partial charge is 0.321 e. The molecule has 0 aliphatic heterocycles. The van der Waals surface area contributed by atoms with Gasteiger partial charge in [-0.3, -0.25) is 4.79 Å². The molecule has 1 heterocycles. The molecule has 0 spiro atoms. The highest BCUT2D eigenvalue weighted by Crippen LogP contribution is 2.28. The molecule has 0 bridgehead atoms. The number of carboxylic acids is 1. The fraction of sp³-hybridized carbons (Fsp3) is 0.312. The van der Waals surface area contributed by atoms with Crippen molar-refractivity contribution in [2.45, 2.75) is 24.3 Å². The number of aromatic nitrogens is 2. The first kappa shape index (κ1) is 20.9. The molecule has 0 unspecified atom stereocenters. The van der Waals surface area contributed by atoms with Crippen LogP contribution < -0.4 is 16.2 Å². The molecule has 0 aliphatic rings. The summed E-state index contributed by atoms with van der Waals surface area (Å²) in [6, 6.07) is 3.49. The first-order valence-corrected chi connectivity index (χ1v) is 10.8. The number of thioether (sulfide) groups is 1. The molecular weight excluding hydrogens is 390 g/mol. The summed E-state index contributed by atoms with van der Waals surface area (Å²) in [7, 11) is -4.06. The van der Waals surface area contributed by atoms with E-state index in [4.69, 9.17) is 11.5 Å². The van der Waals surface area contributed by atoms with Gasteiger partial charge in [-0.2, -0.15) is 21.5 Å². The fourth-order valence-corrected chi connectivity index (χ4v) is 4.37. The maximum absolute atomic E-state index is 12.8. The number of aliphatic carboxylic acids is 1. The van der Waals surface area contributed by atoms with E-state index in [9.17, 15) is 18.3 Å². The van der Waals surface area contributed by atoms with Gasteiger partial charge < -0.3 is 16.6 Å². The Morgan fingerprint density at radius 3 is 2.67 bits per heavy atom. The van der Waals surface area contributed by atoms with Gasteiger partial charge in [-0.25, -0.2) is 13.4 Å². The molecule has 146 valence electrons. The SMILES string of the molecule is CSCC[C@H](NS(=O)(=O)c1cc(-c2cnc(N)nc2N)ccc1C)C(=O)O. The van der Waals surface area contributed by atoms with E-state index in [0.717, 1.165) is 0 Å². The number of anilines is 2. The van der Waals surface area contributed by atoms with Crippen LogP contribution in [-0.2, 0) is 14.8 Å². The number of hydrogen-bond acceptors (Lipinski definition) is 8. The van der Waals surface area contributed by atoms with Crippen LogP contribution in [0.3, 0.4) is 0 Å². The number of nitrogen functional groups attached to an aromatic ring is 2. The van der Waals surface area contributed by atoms with Crippen LogP contribution in [0, 0.1) is 6.92 Å². The number of aryl methyl sites for hydroxylation is 1. The number of nitrogens with two attached hydrogens (primary N) is 2. The van der Waals surface area contributed by atoms with Crippen molar-refractivity contribution in [1.29, 1.82) is 0 Å². The Morgan fingerprint density at radius 1 is 1.37 bits per heavy atom. The van der Waals surface area contributed by atoms with Gasteiger partial charge in [0.25, 0.3) is 0 Å². The van der Waals surface area contributed by atoms with Gasteiger partial charge in [0, 0.05) is 11.8 Å². The predicted molar refractivity (Wildman–Crippen MR) is 106 cm³/mol. The fourth-order valence-electron chi connectivity index (χ4n) is 2.41. The molecule has 0 aliphatic carbocycles. The Morgan fingerprint density at radius 2 is 2.07 bits per heavy atom. The molecule has 9 nitrogen and oxygen atoms in total. The maximum atomic E-state index is 12.8. The molecule has 1 aromatic heterocycles. The quantitative estimate of drug-likeness (QED) is 0.498. The van der Waals surface area contributed by atoms with E-state index in [1.807, 2.05) is 6.26 Å². The number of sulfonamides is 1. The van der Waals surface area contributed by atoms with Crippen LogP contribution >= 0.6 is 11.8 Å². The van der Waals surface area contributed by atoms with Crippen molar-refractivity contribution in [3.05, 3.63) is 30.0 Å². The second-order valence-corrected chi connectivity index (χ2v) is 8.47. The summed E-state index contributed by atoms with van der Waals surface area (Å²) in [5, 5.41) is 9.29. The molecule has 0 saturated carbocycles.